The molecule has 0 radical (unpaired) electrons. The molecule has 0 heterocycles. The molecule has 0 unspecified atom stereocenters. The number of benzene rings is 2. The van der Waals surface area contributed by atoms with Gasteiger partial charge in [-0.25, -0.2) is 9.59 Å². The van der Waals surface area contributed by atoms with Crippen LogP contribution in [-0.2, 0) is 20.9 Å². The van der Waals surface area contributed by atoms with Crippen LogP contribution in [0.5, 0.6) is 5.75 Å². The number of anilines is 1. The van der Waals surface area contributed by atoms with Gasteiger partial charge in [0.05, 0.1) is 12.7 Å². The summed E-state index contributed by atoms with van der Waals surface area (Å²) in [5.41, 5.74) is 5.94. The van der Waals surface area contributed by atoms with Gasteiger partial charge in [0.15, 0.2) is 0 Å². The van der Waals surface area contributed by atoms with Crippen LogP contribution < -0.4 is 26.4 Å². The Balaban J connectivity index is 1.92. The highest BCUT2D eigenvalue weighted by Gasteiger charge is 2.24. The number of ether oxygens (including phenoxy) is 3. The zero-order chi connectivity index (χ0) is 28.1. The first kappa shape index (κ1) is 29.9. The standard InChI is InChI=1S/C27H36N4O7/c1-27(2,3)38-26(35)31-21(24(33)30-19-13-14-22(36-4)20(16-19)23(28)32)12-8-9-15-29-25(34)37-17-18-10-6-5-7-11-18/h5-7,10-11,13-14,16,21H,8-9,12,15,17H2,1-4H3,(H2,28,32)(H,29,34)(H,30,33)(H,31,35)/t21-/m0/s1. The van der Waals surface area contributed by atoms with Crippen LogP contribution in [0.3, 0.4) is 0 Å². The molecule has 4 amide bonds. The predicted molar refractivity (Wildman–Crippen MR) is 142 cm³/mol. The van der Waals surface area contributed by atoms with Crippen LogP contribution in [0.1, 0.15) is 56.0 Å². The molecule has 0 aliphatic carbocycles. The van der Waals surface area contributed by atoms with Crippen molar-refractivity contribution in [1.29, 1.82) is 0 Å². The summed E-state index contributed by atoms with van der Waals surface area (Å²) in [5, 5.41) is 7.94. The lowest BCUT2D eigenvalue weighted by molar-refractivity contribution is -0.118. The molecule has 11 nitrogen and oxygen atoms in total. The van der Waals surface area contributed by atoms with E-state index in [9.17, 15) is 19.2 Å². The third-order valence-electron chi connectivity index (χ3n) is 5.14. The van der Waals surface area contributed by atoms with Gasteiger partial charge in [0.25, 0.3) is 5.91 Å². The van der Waals surface area contributed by atoms with Gasteiger partial charge in [-0.3, -0.25) is 9.59 Å². The minimum Gasteiger partial charge on any atom is -0.496 e. The van der Waals surface area contributed by atoms with Gasteiger partial charge in [-0.05, 0) is 63.8 Å². The molecule has 38 heavy (non-hydrogen) atoms. The van der Waals surface area contributed by atoms with Crippen molar-refractivity contribution in [2.45, 2.75) is 58.3 Å². The fraction of sp³-hybridized carbons (Fsp3) is 0.407. The van der Waals surface area contributed by atoms with Crippen LogP contribution in [0.15, 0.2) is 48.5 Å². The summed E-state index contributed by atoms with van der Waals surface area (Å²) in [6.45, 7) is 5.64. The van der Waals surface area contributed by atoms with Gasteiger partial charge in [-0.1, -0.05) is 30.3 Å². The molecule has 0 bridgehead atoms. The van der Waals surface area contributed by atoms with Gasteiger partial charge < -0.3 is 35.9 Å². The normalized spacial score (nSPS) is 11.6. The molecule has 0 fully saturated rings. The van der Waals surface area contributed by atoms with E-state index in [-0.39, 0.29) is 24.3 Å². The Morgan fingerprint density at radius 3 is 2.32 bits per heavy atom. The fourth-order valence-corrected chi connectivity index (χ4v) is 3.36. The maximum Gasteiger partial charge on any atom is 0.408 e. The Hall–Kier alpha value is -4.28. The van der Waals surface area contributed by atoms with E-state index in [1.165, 1.54) is 19.2 Å². The summed E-state index contributed by atoms with van der Waals surface area (Å²) in [5.74, 6) is -0.948. The first-order valence-electron chi connectivity index (χ1n) is 12.2. The van der Waals surface area contributed by atoms with Crippen molar-refractivity contribution in [2.75, 3.05) is 19.0 Å². The second-order valence-electron chi connectivity index (χ2n) is 9.45. The lowest BCUT2D eigenvalue weighted by Gasteiger charge is -2.23. The molecule has 206 valence electrons. The summed E-state index contributed by atoms with van der Waals surface area (Å²) in [6, 6.07) is 12.8. The second-order valence-corrected chi connectivity index (χ2v) is 9.45. The SMILES string of the molecule is COc1ccc(NC(=O)[C@H](CCCCNC(=O)OCc2ccccc2)NC(=O)OC(C)(C)C)cc1C(N)=O. The van der Waals surface area contributed by atoms with Crippen LogP contribution in [0.25, 0.3) is 0 Å². The van der Waals surface area contributed by atoms with E-state index in [0.29, 0.717) is 25.1 Å². The lowest BCUT2D eigenvalue weighted by Crippen LogP contribution is -2.45. The molecular formula is C27H36N4O7. The largest absolute Gasteiger partial charge is 0.496 e. The summed E-state index contributed by atoms with van der Waals surface area (Å²) >= 11 is 0. The molecule has 5 N–H and O–H groups in total. The van der Waals surface area contributed by atoms with Crippen LogP contribution >= 0.6 is 0 Å². The highest BCUT2D eigenvalue weighted by molar-refractivity contribution is 6.00. The van der Waals surface area contributed by atoms with Gasteiger partial charge >= 0.3 is 12.2 Å². The first-order chi connectivity index (χ1) is 18.0. The summed E-state index contributed by atoms with van der Waals surface area (Å²) in [7, 11) is 1.40. The summed E-state index contributed by atoms with van der Waals surface area (Å²) in [4.78, 5) is 49.0. The molecule has 1 atom stereocenters. The molecule has 0 saturated heterocycles. The molecule has 0 spiro atoms. The highest BCUT2D eigenvalue weighted by atomic mass is 16.6. The number of alkyl carbamates (subject to hydrolysis) is 2. The molecule has 11 heteroatoms. The quantitative estimate of drug-likeness (QED) is 0.306. The van der Waals surface area contributed by atoms with E-state index in [4.69, 9.17) is 19.9 Å². The van der Waals surface area contributed by atoms with Crippen LogP contribution in [0.2, 0.25) is 0 Å². The molecule has 0 aromatic heterocycles. The third-order valence-corrected chi connectivity index (χ3v) is 5.14. The Labute approximate surface area is 222 Å². The fourth-order valence-electron chi connectivity index (χ4n) is 3.36. The van der Waals surface area contributed by atoms with E-state index in [1.807, 2.05) is 30.3 Å². The van der Waals surface area contributed by atoms with Crippen LogP contribution in [0.4, 0.5) is 15.3 Å². The topological polar surface area (TPSA) is 158 Å². The minimum atomic E-state index is -0.936. The monoisotopic (exact) mass is 528 g/mol. The number of carbonyl (C=O) groups is 4. The van der Waals surface area contributed by atoms with E-state index in [0.717, 1.165) is 5.56 Å². The zero-order valence-electron chi connectivity index (χ0n) is 22.2. The van der Waals surface area contributed by atoms with E-state index in [1.54, 1.807) is 26.8 Å². The Bertz CT molecular complexity index is 1100. The van der Waals surface area contributed by atoms with Gasteiger partial charge in [-0.2, -0.15) is 0 Å². The van der Waals surface area contributed by atoms with Crippen molar-refractivity contribution in [3.8, 4) is 5.75 Å². The molecule has 0 aliphatic heterocycles. The number of hydrogen-bond acceptors (Lipinski definition) is 7. The number of rotatable bonds is 12. The van der Waals surface area contributed by atoms with Crippen molar-refractivity contribution in [3.63, 3.8) is 0 Å². The van der Waals surface area contributed by atoms with Crippen molar-refractivity contribution in [1.82, 2.24) is 10.6 Å². The third kappa shape index (κ3) is 10.8. The molecular weight excluding hydrogens is 492 g/mol. The van der Waals surface area contributed by atoms with Gasteiger partial charge in [0, 0.05) is 12.2 Å². The first-order valence-corrected chi connectivity index (χ1v) is 12.2. The van der Waals surface area contributed by atoms with E-state index < -0.39 is 35.6 Å². The maximum atomic E-state index is 13.0. The number of unbranched alkanes of at least 4 members (excludes halogenated alkanes) is 1. The van der Waals surface area contributed by atoms with Gasteiger partial charge in [0.1, 0.15) is 24.0 Å². The van der Waals surface area contributed by atoms with Crippen LogP contribution in [0, 0.1) is 0 Å². The number of nitrogens with one attached hydrogen (secondary N) is 3. The van der Waals surface area contributed by atoms with Crippen molar-refractivity contribution < 1.29 is 33.4 Å². The minimum absolute atomic E-state index is 0.104. The van der Waals surface area contributed by atoms with E-state index in [2.05, 4.69) is 16.0 Å². The number of hydrogen-bond donors (Lipinski definition) is 4. The molecule has 2 aromatic rings. The van der Waals surface area contributed by atoms with Crippen molar-refractivity contribution in [2.24, 2.45) is 5.73 Å². The average molecular weight is 529 g/mol. The maximum absolute atomic E-state index is 13.0. The number of carbonyl (C=O) groups excluding carboxylic acids is 4. The van der Waals surface area contributed by atoms with Crippen molar-refractivity contribution >= 4 is 29.7 Å². The average Bonchev–Trinajstić information content (AvgIpc) is 2.86. The van der Waals surface area contributed by atoms with Gasteiger partial charge in [-0.15, -0.1) is 0 Å². The number of primary amides is 1. The molecule has 0 saturated carbocycles. The zero-order valence-corrected chi connectivity index (χ0v) is 22.2. The van der Waals surface area contributed by atoms with Crippen LogP contribution in [-0.4, -0.2) is 49.3 Å². The molecule has 2 rings (SSSR count). The van der Waals surface area contributed by atoms with Gasteiger partial charge in [0.2, 0.25) is 5.91 Å². The Kier molecular flexibility index (Phi) is 11.4. The van der Waals surface area contributed by atoms with Crippen molar-refractivity contribution in [3.05, 3.63) is 59.7 Å². The number of amides is 4. The molecule has 2 aromatic carbocycles. The highest BCUT2D eigenvalue weighted by Crippen LogP contribution is 2.22. The lowest BCUT2D eigenvalue weighted by atomic mass is 10.1. The predicted octanol–water partition coefficient (Wildman–Crippen LogP) is 3.72. The Morgan fingerprint density at radius 2 is 1.68 bits per heavy atom. The second kappa shape index (κ2) is 14.5. The number of methoxy groups -OCH3 is 1. The Morgan fingerprint density at radius 1 is 0.974 bits per heavy atom. The summed E-state index contributed by atoms with van der Waals surface area (Å²) < 4.78 is 15.6. The number of nitrogens with two attached hydrogens (primary N) is 1. The van der Waals surface area contributed by atoms with E-state index >= 15 is 0 Å². The molecule has 0 aliphatic rings. The smallest absolute Gasteiger partial charge is 0.408 e. The summed E-state index contributed by atoms with van der Waals surface area (Å²) in [6.07, 6.45) is 0.0221.